The highest BCUT2D eigenvalue weighted by molar-refractivity contribution is 6.14. The van der Waals surface area contributed by atoms with Crippen LogP contribution in [0, 0.1) is 11.2 Å². The van der Waals surface area contributed by atoms with Gasteiger partial charge in [-0.05, 0) is 67.6 Å². The molecule has 6 rings (SSSR count). The molecular weight excluding hydrogens is 527 g/mol. The minimum absolute atomic E-state index is 0.0108. The van der Waals surface area contributed by atoms with E-state index < -0.39 is 11.2 Å². The molecule has 2 aromatic heterocycles. The lowest BCUT2D eigenvalue weighted by atomic mass is 9.94. The summed E-state index contributed by atoms with van der Waals surface area (Å²) in [7, 11) is 1.54. The fraction of sp³-hybridized carbons (Fsp3) is 0.290. The van der Waals surface area contributed by atoms with Gasteiger partial charge in [0.05, 0.1) is 18.2 Å². The van der Waals surface area contributed by atoms with Crippen molar-refractivity contribution in [1.29, 1.82) is 0 Å². The molecule has 4 aromatic rings. The van der Waals surface area contributed by atoms with Crippen molar-refractivity contribution in [2.24, 2.45) is 11.1 Å². The third-order valence-electron chi connectivity index (χ3n) is 7.63. The van der Waals surface area contributed by atoms with Crippen molar-refractivity contribution >= 4 is 28.3 Å². The van der Waals surface area contributed by atoms with E-state index in [-0.39, 0.29) is 29.4 Å². The maximum absolute atomic E-state index is 15.2. The highest BCUT2D eigenvalue weighted by atomic mass is 19.1. The Kier molecular flexibility index (Phi) is 6.78. The number of anilines is 1. The zero-order valence-corrected chi connectivity index (χ0v) is 22.5. The van der Waals surface area contributed by atoms with Crippen molar-refractivity contribution < 1.29 is 28.2 Å². The van der Waals surface area contributed by atoms with Gasteiger partial charge in [0.25, 0.3) is 0 Å². The Bertz CT molecular complexity index is 1640. The standard InChI is InChI=1S/C31H29FN4O5/c1-39-26-16-21-23(17-27(26)40-18-30(33)7-8-30)35-13-6-24(21)41-25-3-2-19(14-22(25)32)15-28(37)31(9-10-31)29(38)36-20-4-11-34-12-5-20/h2-6,11-14,16-17H,7-10,15,18,33H2,1H3,(H,34,36,38). The Morgan fingerprint density at radius 1 is 0.951 bits per heavy atom. The predicted molar refractivity (Wildman–Crippen MR) is 150 cm³/mol. The molecule has 0 bridgehead atoms. The van der Waals surface area contributed by atoms with Gasteiger partial charge in [-0.25, -0.2) is 4.39 Å². The summed E-state index contributed by atoms with van der Waals surface area (Å²) in [5.41, 5.74) is 6.39. The van der Waals surface area contributed by atoms with Crippen LogP contribution in [0.25, 0.3) is 10.9 Å². The number of Topliss-reactive ketones (excluding diaryl/α,β-unsaturated/α-hetero) is 1. The van der Waals surface area contributed by atoms with Crippen LogP contribution in [0.3, 0.4) is 0 Å². The van der Waals surface area contributed by atoms with E-state index in [1.807, 2.05) is 0 Å². The van der Waals surface area contributed by atoms with Crippen molar-refractivity contribution in [3.63, 3.8) is 0 Å². The molecule has 0 saturated heterocycles. The first-order chi connectivity index (χ1) is 19.8. The number of ether oxygens (including phenoxy) is 3. The van der Waals surface area contributed by atoms with Gasteiger partial charge in [0.15, 0.2) is 28.8 Å². The van der Waals surface area contributed by atoms with E-state index in [9.17, 15) is 9.59 Å². The number of hydrogen-bond donors (Lipinski definition) is 2. The summed E-state index contributed by atoms with van der Waals surface area (Å²) in [6.45, 7) is 0.377. The maximum atomic E-state index is 15.2. The SMILES string of the molecule is COc1cc2c(Oc3ccc(CC(=O)C4(C(=O)Nc5ccncc5)CC4)cc3F)ccnc2cc1OCC1(N)CC1. The van der Waals surface area contributed by atoms with Gasteiger partial charge in [-0.15, -0.1) is 0 Å². The number of amides is 1. The lowest BCUT2D eigenvalue weighted by Crippen LogP contribution is -2.32. The lowest BCUT2D eigenvalue weighted by Gasteiger charge is -2.16. The number of methoxy groups -OCH3 is 1. The molecule has 2 aliphatic rings. The summed E-state index contributed by atoms with van der Waals surface area (Å²) in [6, 6.07) is 12.8. The van der Waals surface area contributed by atoms with Crippen molar-refractivity contribution in [2.45, 2.75) is 37.6 Å². The molecule has 2 aliphatic carbocycles. The van der Waals surface area contributed by atoms with Crippen LogP contribution in [0.5, 0.6) is 23.0 Å². The molecule has 0 spiro atoms. The first-order valence-corrected chi connectivity index (χ1v) is 13.4. The van der Waals surface area contributed by atoms with Gasteiger partial charge in [0.2, 0.25) is 5.91 Å². The molecule has 2 aromatic carbocycles. The van der Waals surface area contributed by atoms with Crippen LogP contribution in [0.15, 0.2) is 67.1 Å². The molecular formula is C31H29FN4O5. The molecule has 41 heavy (non-hydrogen) atoms. The Hall–Kier alpha value is -4.57. The second-order valence-corrected chi connectivity index (χ2v) is 10.7. The number of halogens is 1. The number of carbonyl (C=O) groups is 2. The zero-order chi connectivity index (χ0) is 28.6. The van der Waals surface area contributed by atoms with Gasteiger partial charge in [0.1, 0.15) is 17.8 Å². The molecule has 3 N–H and O–H groups in total. The molecule has 9 nitrogen and oxygen atoms in total. The average molecular weight is 557 g/mol. The van der Waals surface area contributed by atoms with Gasteiger partial charge in [-0.1, -0.05) is 6.07 Å². The van der Waals surface area contributed by atoms with Gasteiger partial charge in [0, 0.05) is 42.2 Å². The fourth-order valence-electron chi connectivity index (χ4n) is 4.67. The van der Waals surface area contributed by atoms with Crippen LogP contribution in [-0.4, -0.2) is 40.9 Å². The van der Waals surface area contributed by atoms with Gasteiger partial charge >= 0.3 is 0 Å². The number of ketones is 1. The molecule has 2 saturated carbocycles. The number of nitrogens with one attached hydrogen (secondary N) is 1. The van der Waals surface area contributed by atoms with E-state index in [0.717, 1.165) is 12.8 Å². The average Bonchev–Trinajstić information content (AvgIpc) is 3.91. The number of aromatic nitrogens is 2. The number of benzene rings is 2. The van der Waals surface area contributed by atoms with Crippen LogP contribution in [0.1, 0.15) is 31.2 Å². The van der Waals surface area contributed by atoms with Crippen molar-refractivity contribution in [1.82, 2.24) is 9.97 Å². The number of fused-ring (bicyclic) bond motifs is 1. The number of nitrogens with two attached hydrogens (primary N) is 1. The predicted octanol–water partition coefficient (Wildman–Crippen LogP) is 4.97. The summed E-state index contributed by atoms with van der Waals surface area (Å²) >= 11 is 0. The molecule has 1 amide bonds. The highest BCUT2D eigenvalue weighted by Gasteiger charge is 2.55. The fourth-order valence-corrected chi connectivity index (χ4v) is 4.67. The first-order valence-electron chi connectivity index (χ1n) is 13.4. The molecule has 10 heteroatoms. The van der Waals surface area contributed by atoms with E-state index in [1.54, 1.807) is 55.0 Å². The molecule has 2 heterocycles. The number of carbonyl (C=O) groups excluding carboxylic acids is 2. The summed E-state index contributed by atoms with van der Waals surface area (Å²) in [5, 5.41) is 3.39. The largest absolute Gasteiger partial charge is 0.493 e. The number of nitrogens with zero attached hydrogens (tertiary/aromatic N) is 2. The van der Waals surface area contributed by atoms with Crippen molar-refractivity contribution in [2.75, 3.05) is 19.0 Å². The summed E-state index contributed by atoms with van der Waals surface area (Å²) in [4.78, 5) is 34.3. The van der Waals surface area contributed by atoms with Crippen LogP contribution < -0.4 is 25.3 Å². The van der Waals surface area contributed by atoms with E-state index in [2.05, 4.69) is 15.3 Å². The summed E-state index contributed by atoms with van der Waals surface area (Å²) in [5.74, 6) is 0.145. The first kappa shape index (κ1) is 26.6. The van der Waals surface area contributed by atoms with Crippen molar-refractivity contribution in [3.05, 3.63) is 78.5 Å². The third kappa shape index (κ3) is 5.55. The number of rotatable bonds is 11. The van der Waals surface area contributed by atoms with Gasteiger partial charge in [-0.3, -0.25) is 19.6 Å². The van der Waals surface area contributed by atoms with Crippen LogP contribution in [0.2, 0.25) is 0 Å². The maximum Gasteiger partial charge on any atom is 0.238 e. The van der Waals surface area contributed by atoms with E-state index in [4.69, 9.17) is 19.9 Å². The minimum atomic E-state index is -1.09. The molecule has 0 atom stereocenters. The van der Waals surface area contributed by atoms with Crippen molar-refractivity contribution in [3.8, 4) is 23.0 Å². The second kappa shape index (κ2) is 10.4. The Balaban J connectivity index is 1.16. The van der Waals surface area contributed by atoms with Crippen LogP contribution in [-0.2, 0) is 16.0 Å². The third-order valence-corrected chi connectivity index (χ3v) is 7.63. The summed E-state index contributed by atoms with van der Waals surface area (Å²) < 4.78 is 32.6. The van der Waals surface area contributed by atoms with E-state index in [0.29, 0.717) is 58.9 Å². The van der Waals surface area contributed by atoms with Crippen LogP contribution >= 0.6 is 0 Å². The van der Waals surface area contributed by atoms with Gasteiger partial charge in [-0.2, -0.15) is 0 Å². The zero-order valence-electron chi connectivity index (χ0n) is 22.5. The van der Waals surface area contributed by atoms with Gasteiger partial charge < -0.3 is 25.3 Å². The second-order valence-electron chi connectivity index (χ2n) is 10.7. The number of hydrogen-bond acceptors (Lipinski definition) is 8. The molecule has 210 valence electrons. The van der Waals surface area contributed by atoms with E-state index in [1.165, 1.54) is 19.2 Å². The molecule has 0 radical (unpaired) electrons. The molecule has 2 fully saturated rings. The van der Waals surface area contributed by atoms with Crippen LogP contribution in [0.4, 0.5) is 10.1 Å². The number of pyridine rings is 2. The Labute approximate surface area is 235 Å². The quantitative estimate of drug-likeness (QED) is 0.248. The Morgan fingerprint density at radius 2 is 1.73 bits per heavy atom. The lowest BCUT2D eigenvalue weighted by molar-refractivity contribution is -0.132. The smallest absolute Gasteiger partial charge is 0.238 e. The molecule has 0 aliphatic heterocycles. The molecule has 0 unspecified atom stereocenters. The normalized spacial score (nSPS) is 16.1. The van der Waals surface area contributed by atoms with E-state index >= 15 is 4.39 Å². The summed E-state index contributed by atoms with van der Waals surface area (Å²) in [6.07, 6.45) is 7.38. The highest BCUT2D eigenvalue weighted by Crippen LogP contribution is 2.48. The topological polar surface area (TPSA) is 126 Å². The monoisotopic (exact) mass is 556 g/mol. The Morgan fingerprint density at radius 3 is 2.41 bits per heavy atom. The minimum Gasteiger partial charge on any atom is -0.493 e.